The number of carbonyl (C=O) groups excluding carboxylic acids is 1. The zero-order valence-corrected chi connectivity index (χ0v) is 12.2. The molecule has 21 heavy (non-hydrogen) atoms. The van der Waals surface area contributed by atoms with E-state index in [1.165, 1.54) is 0 Å². The van der Waals surface area contributed by atoms with Gasteiger partial charge < -0.3 is 11.1 Å². The largest absolute Gasteiger partial charge is 0.382 e. The van der Waals surface area contributed by atoms with Gasteiger partial charge in [0.25, 0.3) is 5.91 Å². The molecule has 0 saturated heterocycles. The molecule has 0 atom stereocenters. The van der Waals surface area contributed by atoms with Crippen LogP contribution in [0.4, 0.5) is 5.82 Å². The highest BCUT2D eigenvalue weighted by atomic mass is 16.1. The maximum Gasteiger partial charge on any atom is 0.273 e. The van der Waals surface area contributed by atoms with Gasteiger partial charge in [-0.15, -0.1) is 0 Å². The van der Waals surface area contributed by atoms with Crippen molar-refractivity contribution in [2.24, 2.45) is 0 Å². The lowest BCUT2D eigenvalue weighted by atomic mass is 10.1. The Labute approximate surface area is 124 Å². The van der Waals surface area contributed by atoms with Crippen molar-refractivity contribution in [2.45, 2.75) is 26.2 Å². The van der Waals surface area contributed by atoms with E-state index in [1.54, 1.807) is 6.20 Å². The van der Waals surface area contributed by atoms with E-state index < -0.39 is 0 Å². The van der Waals surface area contributed by atoms with Gasteiger partial charge in [-0.1, -0.05) is 50.1 Å². The number of rotatable bonds is 6. The fraction of sp³-hybridized carbons (Fsp3) is 0.312. The molecule has 1 aromatic heterocycles. The molecular formula is C16H20N4O. The van der Waals surface area contributed by atoms with E-state index >= 15 is 0 Å². The quantitative estimate of drug-likeness (QED) is 0.799. The third-order valence-corrected chi connectivity index (χ3v) is 3.15. The van der Waals surface area contributed by atoms with E-state index in [-0.39, 0.29) is 17.4 Å². The molecule has 0 spiro atoms. The molecule has 0 unspecified atom stereocenters. The highest BCUT2D eigenvalue weighted by Gasteiger charge is 2.14. The highest BCUT2D eigenvalue weighted by Crippen LogP contribution is 2.17. The first-order valence-corrected chi connectivity index (χ1v) is 7.18. The van der Waals surface area contributed by atoms with Gasteiger partial charge in [-0.3, -0.25) is 4.79 Å². The van der Waals surface area contributed by atoms with Gasteiger partial charge in [0.15, 0.2) is 11.5 Å². The molecule has 0 bridgehead atoms. The first-order valence-electron chi connectivity index (χ1n) is 7.18. The number of unbranched alkanes of at least 4 members (excludes halogenated alkanes) is 2. The van der Waals surface area contributed by atoms with Crippen molar-refractivity contribution in [3.05, 3.63) is 42.2 Å². The molecule has 2 rings (SSSR count). The molecule has 3 N–H and O–H groups in total. The lowest BCUT2D eigenvalue weighted by molar-refractivity contribution is 0.0949. The van der Waals surface area contributed by atoms with Gasteiger partial charge in [0.1, 0.15) is 0 Å². The van der Waals surface area contributed by atoms with Gasteiger partial charge in [-0.2, -0.15) is 0 Å². The SMILES string of the molecule is CCCCCNC(=O)c1nc(-c2ccccc2)cnc1N. The lowest BCUT2D eigenvalue weighted by Gasteiger charge is -2.08. The summed E-state index contributed by atoms with van der Waals surface area (Å²) in [6.45, 7) is 2.75. The molecule has 0 aliphatic heterocycles. The van der Waals surface area contributed by atoms with Crippen LogP contribution in [-0.2, 0) is 0 Å². The van der Waals surface area contributed by atoms with E-state index in [1.807, 2.05) is 30.3 Å². The smallest absolute Gasteiger partial charge is 0.273 e. The van der Waals surface area contributed by atoms with Crippen molar-refractivity contribution in [1.29, 1.82) is 0 Å². The number of nitrogens with zero attached hydrogens (tertiary/aromatic N) is 2. The van der Waals surface area contributed by atoms with Crippen molar-refractivity contribution in [2.75, 3.05) is 12.3 Å². The number of benzene rings is 1. The Kier molecular flexibility index (Phi) is 5.26. The summed E-state index contributed by atoms with van der Waals surface area (Å²) in [5.74, 6) is -0.114. The standard InChI is InChI=1S/C16H20N4O/c1-2-3-7-10-18-16(21)14-15(17)19-11-13(20-14)12-8-5-4-6-9-12/h4-6,8-9,11H,2-3,7,10H2,1H3,(H2,17,19)(H,18,21). The van der Waals surface area contributed by atoms with Crippen LogP contribution in [0.5, 0.6) is 0 Å². The zero-order valence-electron chi connectivity index (χ0n) is 12.2. The molecule has 1 amide bonds. The van der Waals surface area contributed by atoms with E-state index in [9.17, 15) is 4.79 Å². The van der Waals surface area contributed by atoms with Crippen LogP contribution in [0.1, 0.15) is 36.7 Å². The lowest BCUT2D eigenvalue weighted by Crippen LogP contribution is -2.26. The van der Waals surface area contributed by atoms with Gasteiger partial charge in [0, 0.05) is 12.1 Å². The van der Waals surface area contributed by atoms with Crippen LogP contribution in [0.15, 0.2) is 36.5 Å². The summed E-state index contributed by atoms with van der Waals surface area (Å²) in [6.07, 6.45) is 4.74. The summed E-state index contributed by atoms with van der Waals surface area (Å²) in [7, 11) is 0. The van der Waals surface area contributed by atoms with Gasteiger partial charge in [-0.05, 0) is 6.42 Å². The summed E-state index contributed by atoms with van der Waals surface area (Å²) >= 11 is 0. The predicted molar refractivity (Wildman–Crippen MR) is 83.7 cm³/mol. The van der Waals surface area contributed by atoms with Crippen LogP contribution in [0.2, 0.25) is 0 Å². The van der Waals surface area contributed by atoms with Crippen LogP contribution >= 0.6 is 0 Å². The van der Waals surface area contributed by atoms with Crippen molar-refractivity contribution >= 4 is 11.7 Å². The molecule has 2 aromatic rings. The maximum atomic E-state index is 12.1. The third kappa shape index (κ3) is 4.02. The van der Waals surface area contributed by atoms with Crippen molar-refractivity contribution in [3.63, 3.8) is 0 Å². The monoisotopic (exact) mass is 284 g/mol. The molecule has 0 aliphatic carbocycles. The average Bonchev–Trinajstić information content (AvgIpc) is 2.52. The number of aromatic nitrogens is 2. The first kappa shape index (κ1) is 15.0. The molecule has 1 aromatic carbocycles. The molecule has 0 aliphatic rings. The Hall–Kier alpha value is -2.43. The molecule has 0 saturated carbocycles. The summed E-state index contributed by atoms with van der Waals surface area (Å²) in [4.78, 5) is 20.5. The number of nitrogen functional groups attached to an aromatic ring is 1. The second-order valence-electron chi connectivity index (χ2n) is 4.82. The molecule has 1 heterocycles. The normalized spacial score (nSPS) is 10.3. The molecule has 110 valence electrons. The number of hydrogen-bond acceptors (Lipinski definition) is 4. The summed E-state index contributed by atoms with van der Waals surface area (Å²) in [5.41, 5.74) is 7.50. The predicted octanol–water partition coefficient (Wildman–Crippen LogP) is 2.65. The summed E-state index contributed by atoms with van der Waals surface area (Å²) < 4.78 is 0. The summed E-state index contributed by atoms with van der Waals surface area (Å²) in [5, 5.41) is 2.83. The topological polar surface area (TPSA) is 80.9 Å². The molecule has 5 heteroatoms. The number of hydrogen-bond donors (Lipinski definition) is 2. The number of nitrogens with one attached hydrogen (secondary N) is 1. The number of amides is 1. The van der Waals surface area contributed by atoms with Crippen LogP contribution in [-0.4, -0.2) is 22.4 Å². The molecular weight excluding hydrogens is 264 g/mol. The third-order valence-electron chi connectivity index (χ3n) is 3.15. The van der Waals surface area contributed by atoms with Gasteiger partial charge in [0.2, 0.25) is 0 Å². The van der Waals surface area contributed by atoms with E-state index in [4.69, 9.17) is 5.73 Å². The number of anilines is 1. The second-order valence-corrected chi connectivity index (χ2v) is 4.82. The van der Waals surface area contributed by atoms with Crippen molar-refractivity contribution in [1.82, 2.24) is 15.3 Å². The summed E-state index contributed by atoms with van der Waals surface area (Å²) in [6, 6.07) is 9.59. The van der Waals surface area contributed by atoms with Crippen molar-refractivity contribution in [3.8, 4) is 11.3 Å². The molecule has 0 fully saturated rings. The maximum absolute atomic E-state index is 12.1. The van der Waals surface area contributed by atoms with Crippen LogP contribution in [0.3, 0.4) is 0 Å². The average molecular weight is 284 g/mol. The minimum atomic E-state index is -0.270. The Bertz CT molecular complexity index is 598. The minimum Gasteiger partial charge on any atom is -0.382 e. The fourth-order valence-corrected chi connectivity index (χ4v) is 1.97. The Balaban J connectivity index is 2.14. The Morgan fingerprint density at radius 2 is 2.00 bits per heavy atom. The number of carbonyl (C=O) groups is 1. The molecule has 0 radical (unpaired) electrons. The molecule has 5 nitrogen and oxygen atoms in total. The van der Waals surface area contributed by atoms with Crippen molar-refractivity contribution < 1.29 is 4.79 Å². The van der Waals surface area contributed by atoms with Gasteiger partial charge >= 0.3 is 0 Å². The van der Waals surface area contributed by atoms with Crippen LogP contribution in [0.25, 0.3) is 11.3 Å². The minimum absolute atomic E-state index is 0.155. The highest BCUT2D eigenvalue weighted by molar-refractivity contribution is 5.96. The Morgan fingerprint density at radius 1 is 1.24 bits per heavy atom. The van der Waals surface area contributed by atoms with E-state index in [0.717, 1.165) is 24.8 Å². The van der Waals surface area contributed by atoms with Gasteiger partial charge in [0.05, 0.1) is 11.9 Å². The first-order chi connectivity index (χ1) is 10.2. The Morgan fingerprint density at radius 3 is 2.71 bits per heavy atom. The van der Waals surface area contributed by atoms with Gasteiger partial charge in [-0.25, -0.2) is 9.97 Å². The zero-order chi connectivity index (χ0) is 15.1. The van der Waals surface area contributed by atoms with Crippen LogP contribution < -0.4 is 11.1 Å². The van der Waals surface area contributed by atoms with E-state index in [0.29, 0.717) is 12.2 Å². The fourth-order valence-electron chi connectivity index (χ4n) is 1.97. The van der Waals surface area contributed by atoms with E-state index in [2.05, 4.69) is 22.2 Å². The van der Waals surface area contributed by atoms with Crippen LogP contribution in [0, 0.1) is 0 Å². The second kappa shape index (κ2) is 7.38. The number of nitrogens with two attached hydrogens (primary N) is 1.